The fourth-order valence-corrected chi connectivity index (χ4v) is 1.55. The molecule has 0 heterocycles. The Hall–Kier alpha value is -2.13. The second kappa shape index (κ2) is 6.57. The quantitative estimate of drug-likeness (QED) is 0.645. The van der Waals surface area contributed by atoms with E-state index in [2.05, 4.69) is 5.32 Å². The number of carbonyl (C=O) groups excluding carboxylic acids is 1. The largest absolute Gasteiger partial charge is 0.357 e. The Kier molecular flexibility index (Phi) is 4.50. The molecule has 0 aromatic heterocycles. The van der Waals surface area contributed by atoms with Gasteiger partial charge in [-0.15, -0.1) is 0 Å². The molecular formula is C15H15NO2. The average molecular weight is 241 g/mol. The van der Waals surface area contributed by atoms with Gasteiger partial charge in [0.2, 0.25) is 0 Å². The van der Waals surface area contributed by atoms with Crippen LogP contribution in [0.1, 0.15) is 15.9 Å². The van der Waals surface area contributed by atoms with E-state index in [0.29, 0.717) is 12.2 Å². The van der Waals surface area contributed by atoms with Gasteiger partial charge in [0.15, 0.2) is 0 Å². The summed E-state index contributed by atoms with van der Waals surface area (Å²) >= 11 is 0. The van der Waals surface area contributed by atoms with Crippen LogP contribution in [0.3, 0.4) is 0 Å². The van der Waals surface area contributed by atoms with Gasteiger partial charge in [0.25, 0.3) is 5.91 Å². The monoisotopic (exact) mass is 241 g/mol. The summed E-state index contributed by atoms with van der Waals surface area (Å²) in [6, 6.07) is 18.9. The van der Waals surface area contributed by atoms with E-state index in [1.54, 1.807) is 12.1 Å². The summed E-state index contributed by atoms with van der Waals surface area (Å²) in [6.07, 6.45) is 0. The zero-order valence-electron chi connectivity index (χ0n) is 10.0. The Labute approximate surface area is 106 Å². The molecule has 0 saturated heterocycles. The van der Waals surface area contributed by atoms with Crippen LogP contribution in [-0.4, -0.2) is 12.6 Å². The van der Waals surface area contributed by atoms with Crippen molar-refractivity contribution in [1.82, 2.24) is 5.32 Å². The van der Waals surface area contributed by atoms with E-state index in [-0.39, 0.29) is 12.6 Å². The van der Waals surface area contributed by atoms with E-state index in [1.807, 2.05) is 48.5 Å². The first-order valence-electron chi connectivity index (χ1n) is 5.81. The normalized spacial score (nSPS) is 10.0. The van der Waals surface area contributed by atoms with Crippen LogP contribution < -0.4 is 5.32 Å². The molecule has 3 nitrogen and oxygen atoms in total. The number of carbonyl (C=O) groups is 1. The van der Waals surface area contributed by atoms with Crippen molar-refractivity contribution in [2.75, 3.05) is 6.73 Å². The molecule has 0 bridgehead atoms. The summed E-state index contributed by atoms with van der Waals surface area (Å²) in [5, 5.41) is 2.71. The molecule has 3 heteroatoms. The third-order valence-electron chi connectivity index (χ3n) is 2.48. The number of nitrogens with one attached hydrogen (secondary N) is 1. The van der Waals surface area contributed by atoms with E-state index in [0.717, 1.165) is 5.56 Å². The lowest BCUT2D eigenvalue weighted by molar-refractivity contribution is 0.0751. The van der Waals surface area contributed by atoms with Crippen LogP contribution in [0.4, 0.5) is 0 Å². The number of amides is 1. The smallest absolute Gasteiger partial charge is 0.253 e. The summed E-state index contributed by atoms with van der Waals surface area (Å²) in [4.78, 5) is 11.7. The van der Waals surface area contributed by atoms with Crippen molar-refractivity contribution in [1.29, 1.82) is 0 Å². The maximum absolute atomic E-state index is 11.7. The van der Waals surface area contributed by atoms with E-state index in [9.17, 15) is 4.79 Å². The predicted octanol–water partition coefficient (Wildman–Crippen LogP) is 2.59. The molecule has 0 unspecified atom stereocenters. The first-order valence-corrected chi connectivity index (χ1v) is 5.81. The summed E-state index contributed by atoms with van der Waals surface area (Å²) in [7, 11) is 0. The van der Waals surface area contributed by atoms with Gasteiger partial charge in [-0.05, 0) is 17.7 Å². The molecule has 92 valence electrons. The van der Waals surface area contributed by atoms with Gasteiger partial charge in [-0.2, -0.15) is 0 Å². The number of hydrogen-bond donors (Lipinski definition) is 1. The second-order valence-corrected chi connectivity index (χ2v) is 3.85. The lowest BCUT2D eigenvalue weighted by Crippen LogP contribution is -2.25. The Bertz CT molecular complexity index is 482. The minimum Gasteiger partial charge on any atom is -0.357 e. The van der Waals surface area contributed by atoms with Gasteiger partial charge in [0, 0.05) is 5.56 Å². The van der Waals surface area contributed by atoms with Crippen LogP contribution in [0.15, 0.2) is 60.7 Å². The Balaban J connectivity index is 1.72. The van der Waals surface area contributed by atoms with Crippen LogP contribution >= 0.6 is 0 Å². The molecule has 2 aromatic carbocycles. The standard InChI is InChI=1S/C15H15NO2/c17-15(14-9-5-2-6-10-14)16-12-18-11-13-7-3-1-4-8-13/h1-10H,11-12H2,(H,16,17). The number of rotatable bonds is 5. The highest BCUT2D eigenvalue weighted by Crippen LogP contribution is 2.00. The highest BCUT2D eigenvalue weighted by Gasteiger charge is 2.02. The predicted molar refractivity (Wildman–Crippen MR) is 70.0 cm³/mol. The third kappa shape index (κ3) is 3.71. The first-order chi connectivity index (χ1) is 8.86. The molecule has 0 spiro atoms. The van der Waals surface area contributed by atoms with Crippen LogP contribution in [0.25, 0.3) is 0 Å². The van der Waals surface area contributed by atoms with Crippen LogP contribution in [-0.2, 0) is 11.3 Å². The highest BCUT2D eigenvalue weighted by molar-refractivity contribution is 5.93. The fourth-order valence-electron chi connectivity index (χ4n) is 1.55. The molecule has 0 aliphatic carbocycles. The SMILES string of the molecule is O=C(NCOCc1ccccc1)c1ccccc1. The summed E-state index contributed by atoms with van der Waals surface area (Å²) in [6.45, 7) is 0.707. The van der Waals surface area contributed by atoms with Gasteiger partial charge >= 0.3 is 0 Å². The van der Waals surface area contributed by atoms with Gasteiger partial charge < -0.3 is 10.1 Å². The van der Waals surface area contributed by atoms with Crippen molar-refractivity contribution in [2.45, 2.75) is 6.61 Å². The number of ether oxygens (including phenoxy) is 1. The molecular weight excluding hydrogens is 226 g/mol. The molecule has 0 aliphatic rings. The average Bonchev–Trinajstić information content (AvgIpc) is 2.45. The van der Waals surface area contributed by atoms with Crippen molar-refractivity contribution in [3.63, 3.8) is 0 Å². The lowest BCUT2D eigenvalue weighted by atomic mass is 10.2. The van der Waals surface area contributed by atoms with Gasteiger partial charge in [-0.1, -0.05) is 48.5 Å². The number of benzene rings is 2. The number of hydrogen-bond acceptors (Lipinski definition) is 2. The fraction of sp³-hybridized carbons (Fsp3) is 0.133. The molecule has 1 amide bonds. The Morgan fingerprint density at radius 2 is 1.56 bits per heavy atom. The van der Waals surface area contributed by atoms with Gasteiger partial charge in [0.05, 0.1) is 6.61 Å². The van der Waals surface area contributed by atoms with Crippen molar-refractivity contribution in [3.8, 4) is 0 Å². The lowest BCUT2D eigenvalue weighted by Gasteiger charge is -2.06. The minimum atomic E-state index is -0.122. The van der Waals surface area contributed by atoms with Gasteiger partial charge in [-0.3, -0.25) is 4.79 Å². The zero-order valence-corrected chi connectivity index (χ0v) is 10.0. The second-order valence-electron chi connectivity index (χ2n) is 3.85. The summed E-state index contributed by atoms with van der Waals surface area (Å²) in [5.74, 6) is -0.122. The minimum absolute atomic E-state index is 0.122. The molecule has 2 rings (SSSR count). The molecule has 0 saturated carbocycles. The van der Waals surface area contributed by atoms with E-state index in [1.165, 1.54) is 0 Å². The molecule has 0 aliphatic heterocycles. The summed E-state index contributed by atoms with van der Waals surface area (Å²) < 4.78 is 5.38. The van der Waals surface area contributed by atoms with Crippen molar-refractivity contribution < 1.29 is 9.53 Å². The van der Waals surface area contributed by atoms with Crippen molar-refractivity contribution >= 4 is 5.91 Å². The van der Waals surface area contributed by atoms with Gasteiger partial charge in [0.1, 0.15) is 6.73 Å². The third-order valence-corrected chi connectivity index (χ3v) is 2.48. The van der Waals surface area contributed by atoms with Crippen LogP contribution in [0, 0.1) is 0 Å². The topological polar surface area (TPSA) is 38.3 Å². The molecule has 0 atom stereocenters. The van der Waals surface area contributed by atoms with Crippen molar-refractivity contribution in [3.05, 3.63) is 71.8 Å². The maximum Gasteiger partial charge on any atom is 0.253 e. The zero-order chi connectivity index (χ0) is 12.6. The highest BCUT2D eigenvalue weighted by atomic mass is 16.5. The Morgan fingerprint density at radius 3 is 2.22 bits per heavy atom. The Morgan fingerprint density at radius 1 is 0.944 bits per heavy atom. The molecule has 0 radical (unpaired) electrons. The maximum atomic E-state index is 11.7. The molecule has 0 fully saturated rings. The van der Waals surface area contributed by atoms with Crippen LogP contribution in [0.2, 0.25) is 0 Å². The first kappa shape index (κ1) is 12.3. The molecule has 18 heavy (non-hydrogen) atoms. The van der Waals surface area contributed by atoms with Crippen LogP contribution in [0.5, 0.6) is 0 Å². The van der Waals surface area contributed by atoms with Crippen molar-refractivity contribution in [2.24, 2.45) is 0 Å². The van der Waals surface area contributed by atoms with E-state index >= 15 is 0 Å². The summed E-state index contributed by atoms with van der Waals surface area (Å²) in [5.41, 5.74) is 1.73. The molecule has 1 N–H and O–H groups in total. The van der Waals surface area contributed by atoms with E-state index < -0.39 is 0 Å². The van der Waals surface area contributed by atoms with Gasteiger partial charge in [-0.25, -0.2) is 0 Å². The molecule has 2 aromatic rings. The van der Waals surface area contributed by atoms with E-state index in [4.69, 9.17) is 4.74 Å².